The van der Waals surface area contributed by atoms with Gasteiger partial charge in [0.2, 0.25) is 5.91 Å². The summed E-state index contributed by atoms with van der Waals surface area (Å²) in [5.74, 6) is 1.34. The number of likely N-dealkylation sites (tertiary alicyclic amines) is 1. The van der Waals surface area contributed by atoms with Gasteiger partial charge in [-0.15, -0.1) is 0 Å². The lowest BCUT2D eigenvalue weighted by Gasteiger charge is -2.34. The average molecular weight is 399 g/mol. The largest absolute Gasteiger partial charge is 0.339 e. The molecule has 1 aromatic carbocycles. The highest BCUT2D eigenvalue weighted by atomic mass is 79.9. The Bertz CT molecular complexity index is 568. The van der Waals surface area contributed by atoms with Crippen molar-refractivity contribution in [2.45, 2.75) is 57.9 Å². The van der Waals surface area contributed by atoms with E-state index in [0.717, 1.165) is 40.4 Å². The summed E-state index contributed by atoms with van der Waals surface area (Å²) in [4.78, 5) is 15.0. The SMILES string of the molecule is CCC1CCC(N2CCC(Cc3ccc(Br)cc3Cl)C2=O)CC1. The fourth-order valence-electron chi connectivity index (χ4n) is 4.13. The van der Waals surface area contributed by atoms with Crippen LogP contribution < -0.4 is 0 Å². The van der Waals surface area contributed by atoms with Crippen LogP contribution >= 0.6 is 27.5 Å². The van der Waals surface area contributed by atoms with Crippen LogP contribution in [0.4, 0.5) is 0 Å². The van der Waals surface area contributed by atoms with Gasteiger partial charge in [-0.2, -0.15) is 0 Å². The number of nitrogens with zero attached hydrogens (tertiary/aromatic N) is 1. The molecule has 23 heavy (non-hydrogen) atoms. The third-order valence-electron chi connectivity index (χ3n) is 5.67. The number of halogens is 2. The Morgan fingerprint density at radius 1 is 1.22 bits per heavy atom. The van der Waals surface area contributed by atoms with Gasteiger partial charge < -0.3 is 4.90 Å². The molecule has 1 aromatic rings. The lowest BCUT2D eigenvalue weighted by atomic mass is 9.84. The molecule has 4 heteroatoms. The zero-order valence-electron chi connectivity index (χ0n) is 13.7. The van der Waals surface area contributed by atoms with Gasteiger partial charge in [-0.3, -0.25) is 4.79 Å². The Balaban J connectivity index is 1.60. The summed E-state index contributed by atoms with van der Waals surface area (Å²) in [5.41, 5.74) is 1.09. The number of carbonyl (C=O) groups is 1. The zero-order valence-corrected chi connectivity index (χ0v) is 16.1. The molecule has 2 nitrogen and oxygen atoms in total. The van der Waals surface area contributed by atoms with E-state index in [4.69, 9.17) is 11.6 Å². The fraction of sp³-hybridized carbons (Fsp3) is 0.632. The third-order valence-corrected chi connectivity index (χ3v) is 6.51. The molecule has 1 saturated carbocycles. The molecule has 1 saturated heterocycles. The van der Waals surface area contributed by atoms with Crippen LogP contribution in [0.5, 0.6) is 0 Å². The van der Waals surface area contributed by atoms with Gasteiger partial charge in [-0.05, 0) is 62.1 Å². The maximum Gasteiger partial charge on any atom is 0.226 e. The maximum atomic E-state index is 12.8. The molecule has 1 aliphatic heterocycles. The lowest BCUT2D eigenvalue weighted by molar-refractivity contribution is -0.133. The van der Waals surface area contributed by atoms with Gasteiger partial charge in [0.15, 0.2) is 0 Å². The van der Waals surface area contributed by atoms with Crippen molar-refractivity contribution in [3.8, 4) is 0 Å². The molecular formula is C19H25BrClNO. The van der Waals surface area contributed by atoms with Gasteiger partial charge in [0.05, 0.1) is 0 Å². The molecule has 2 aliphatic rings. The lowest BCUT2D eigenvalue weighted by Crippen LogP contribution is -2.40. The van der Waals surface area contributed by atoms with Crippen LogP contribution in [0.2, 0.25) is 5.02 Å². The molecule has 1 aliphatic carbocycles. The van der Waals surface area contributed by atoms with Crippen molar-refractivity contribution in [1.82, 2.24) is 4.90 Å². The summed E-state index contributed by atoms with van der Waals surface area (Å²) in [5, 5.41) is 0.758. The second-order valence-electron chi connectivity index (χ2n) is 7.04. The van der Waals surface area contributed by atoms with Crippen LogP contribution in [0, 0.1) is 11.8 Å². The van der Waals surface area contributed by atoms with E-state index in [-0.39, 0.29) is 5.92 Å². The van der Waals surface area contributed by atoms with Gasteiger partial charge >= 0.3 is 0 Å². The number of amides is 1. The van der Waals surface area contributed by atoms with Crippen LogP contribution in [0.15, 0.2) is 22.7 Å². The predicted molar refractivity (Wildman–Crippen MR) is 98.7 cm³/mol. The molecule has 1 unspecified atom stereocenters. The van der Waals surface area contributed by atoms with E-state index >= 15 is 0 Å². The molecule has 1 amide bonds. The Hall–Kier alpha value is -0.540. The summed E-state index contributed by atoms with van der Waals surface area (Å²) >= 11 is 9.75. The van der Waals surface area contributed by atoms with E-state index in [1.807, 2.05) is 18.2 Å². The molecular weight excluding hydrogens is 374 g/mol. The van der Waals surface area contributed by atoms with Crippen molar-refractivity contribution in [3.05, 3.63) is 33.3 Å². The topological polar surface area (TPSA) is 20.3 Å². The van der Waals surface area contributed by atoms with Crippen molar-refractivity contribution in [3.63, 3.8) is 0 Å². The molecule has 1 atom stereocenters. The van der Waals surface area contributed by atoms with E-state index in [2.05, 4.69) is 27.8 Å². The quantitative estimate of drug-likeness (QED) is 0.659. The van der Waals surface area contributed by atoms with Crippen LogP contribution in [0.1, 0.15) is 51.0 Å². The van der Waals surface area contributed by atoms with E-state index in [9.17, 15) is 4.79 Å². The van der Waals surface area contributed by atoms with Gasteiger partial charge in [0.1, 0.15) is 0 Å². The molecule has 0 spiro atoms. The van der Waals surface area contributed by atoms with Crippen LogP contribution in [-0.4, -0.2) is 23.4 Å². The highest BCUT2D eigenvalue weighted by molar-refractivity contribution is 9.10. The molecule has 126 valence electrons. The predicted octanol–water partition coefficient (Wildman–Crippen LogP) is 5.46. The number of benzene rings is 1. The number of hydrogen-bond acceptors (Lipinski definition) is 1. The standard InChI is InChI=1S/C19H25BrClNO/c1-2-13-3-7-17(8-4-13)22-10-9-15(19(22)23)11-14-5-6-16(20)12-18(14)21/h5-6,12-13,15,17H,2-4,7-11H2,1H3. The minimum atomic E-state index is 0.109. The molecule has 2 fully saturated rings. The molecule has 0 radical (unpaired) electrons. The van der Waals surface area contributed by atoms with Crippen molar-refractivity contribution in [2.24, 2.45) is 11.8 Å². The summed E-state index contributed by atoms with van der Waals surface area (Å²) in [7, 11) is 0. The van der Waals surface area contributed by atoms with Crippen molar-refractivity contribution >= 4 is 33.4 Å². The van der Waals surface area contributed by atoms with Crippen molar-refractivity contribution in [2.75, 3.05) is 6.54 Å². The van der Waals surface area contributed by atoms with E-state index in [1.54, 1.807) is 0 Å². The van der Waals surface area contributed by atoms with Gasteiger partial charge in [0, 0.05) is 28.0 Å². The number of carbonyl (C=O) groups excluding carboxylic acids is 1. The Morgan fingerprint density at radius 3 is 2.61 bits per heavy atom. The Morgan fingerprint density at radius 2 is 1.96 bits per heavy atom. The van der Waals surface area contributed by atoms with E-state index < -0.39 is 0 Å². The smallest absolute Gasteiger partial charge is 0.226 e. The minimum absolute atomic E-state index is 0.109. The average Bonchev–Trinajstić information content (AvgIpc) is 2.91. The van der Waals surface area contributed by atoms with Crippen molar-refractivity contribution < 1.29 is 4.79 Å². The van der Waals surface area contributed by atoms with Crippen molar-refractivity contribution in [1.29, 1.82) is 0 Å². The van der Waals surface area contributed by atoms with E-state index in [0.29, 0.717) is 11.9 Å². The third kappa shape index (κ3) is 3.93. The molecule has 0 bridgehead atoms. The van der Waals surface area contributed by atoms with Crippen LogP contribution in [0.3, 0.4) is 0 Å². The van der Waals surface area contributed by atoms with Gasteiger partial charge in [-0.1, -0.05) is 46.9 Å². The number of rotatable bonds is 4. The molecule has 0 aromatic heterocycles. The molecule has 1 heterocycles. The summed E-state index contributed by atoms with van der Waals surface area (Å²) in [6.07, 6.45) is 7.98. The van der Waals surface area contributed by atoms with Gasteiger partial charge in [0.25, 0.3) is 0 Å². The highest BCUT2D eigenvalue weighted by Crippen LogP contribution is 2.34. The first-order valence-electron chi connectivity index (χ1n) is 8.83. The van der Waals surface area contributed by atoms with Crippen LogP contribution in [0.25, 0.3) is 0 Å². The molecule has 3 rings (SSSR count). The normalized spacial score (nSPS) is 28.4. The highest BCUT2D eigenvalue weighted by Gasteiger charge is 2.37. The summed E-state index contributed by atoms with van der Waals surface area (Å²) < 4.78 is 0.985. The first-order chi connectivity index (χ1) is 11.1. The number of hydrogen-bond donors (Lipinski definition) is 0. The Kier molecular flexibility index (Phi) is 5.69. The second kappa shape index (κ2) is 7.57. The zero-order chi connectivity index (χ0) is 16.4. The fourth-order valence-corrected chi connectivity index (χ4v) is 4.88. The first kappa shape index (κ1) is 17.3. The second-order valence-corrected chi connectivity index (χ2v) is 8.36. The van der Waals surface area contributed by atoms with E-state index in [1.165, 1.54) is 32.1 Å². The van der Waals surface area contributed by atoms with Gasteiger partial charge in [-0.25, -0.2) is 0 Å². The summed E-state index contributed by atoms with van der Waals surface area (Å²) in [6.45, 7) is 3.21. The Labute approximate surface area is 152 Å². The first-order valence-corrected chi connectivity index (χ1v) is 10.00. The van der Waals surface area contributed by atoms with Crippen LogP contribution in [-0.2, 0) is 11.2 Å². The minimum Gasteiger partial charge on any atom is -0.339 e. The molecule has 0 N–H and O–H groups in total. The maximum absolute atomic E-state index is 12.8. The summed E-state index contributed by atoms with van der Waals surface area (Å²) in [6, 6.07) is 6.44. The monoisotopic (exact) mass is 397 g/mol.